The van der Waals surface area contributed by atoms with Gasteiger partial charge in [0.2, 0.25) is 0 Å². The molecule has 1 amide bonds. The third kappa shape index (κ3) is 5.63. The highest BCUT2D eigenvalue weighted by Gasteiger charge is 2.24. The molecule has 0 bridgehead atoms. The first-order valence-corrected chi connectivity index (χ1v) is 7.04. The fourth-order valence-corrected chi connectivity index (χ4v) is 2.27. The summed E-state index contributed by atoms with van der Waals surface area (Å²) in [6.45, 7) is 6.18. The zero-order valence-corrected chi connectivity index (χ0v) is 13.2. The van der Waals surface area contributed by atoms with Crippen molar-refractivity contribution in [2.75, 3.05) is 11.9 Å². The van der Waals surface area contributed by atoms with Crippen molar-refractivity contribution in [2.24, 2.45) is 17.1 Å². The van der Waals surface area contributed by atoms with Crippen LogP contribution in [-0.4, -0.2) is 23.5 Å². The third-order valence-corrected chi connectivity index (χ3v) is 3.23. The maximum Gasteiger partial charge on any atom is 0.308 e. The Morgan fingerprint density at radius 2 is 2.00 bits per heavy atom. The van der Waals surface area contributed by atoms with Gasteiger partial charge in [0.25, 0.3) is 5.91 Å². The molecule has 0 saturated heterocycles. The molecule has 0 aliphatic carbocycles. The summed E-state index contributed by atoms with van der Waals surface area (Å²) in [4.78, 5) is 22.7. The summed E-state index contributed by atoms with van der Waals surface area (Å²) in [5.41, 5.74) is 5.94. The van der Waals surface area contributed by atoms with E-state index in [-0.39, 0.29) is 17.5 Å². The van der Waals surface area contributed by atoms with E-state index in [4.69, 9.17) is 17.3 Å². The lowest BCUT2D eigenvalue weighted by molar-refractivity contribution is -0.142. The Hall–Kier alpha value is -1.75. The molecule has 21 heavy (non-hydrogen) atoms. The molecule has 0 radical (unpaired) electrons. The van der Waals surface area contributed by atoms with Gasteiger partial charge in [-0.25, -0.2) is 0 Å². The van der Waals surface area contributed by atoms with Crippen molar-refractivity contribution in [3.8, 4) is 0 Å². The number of rotatable bonds is 6. The van der Waals surface area contributed by atoms with E-state index in [1.807, 2.05) is 20.8 Å². The van der Waals surface area contributed by atoms with Crippen LogP contribution in [0.5, 0.6) is 0 Å². The predicted octanol–water partition coefficient (Wildman–Crippen LogP) is 2.99. The number of carboxylic acids is 1. The number of hydrogen-bond donors (Lipinski definition) is 3. The highest BCUT2D eigenvalue weighted by molar-refractivity contribution is 6.31. The number of nitrogens with two attached hydrogens (primary N) is 1. The van der Waals surface area contributed by atoms with Crippen molar-refractivity contribution >= 4 is 29.2 Å². The Morgan fingerprint density at radius 1 is 1.38 bits per heavy atom. The number of carbonyl (C=O) groups is 2. The molecule has 0 aliphatic rings. The molecule has 0 fully saturated rings. The van der Waals surface area contributed by atoms with Crippen LogP contribution in [-0.2, 0) is 4.79 Å². The molecule has 6 heteroatoms. The van der Waals surface area contributed by atoms with Crippen molar-refractivity contribution < 1.29 is 14.7 Å². The number of benzene rings is 1. The molecule has 116 valence electrons. The summed E-state index contributed by atoms with van der Waals surface area (Å²) >= 11 is 5.83. The summed E-state index contributed by atoms with van der Waals surface area (Å²) in [5.74, 6) is -2.03. The van der Waals surface area contributed by atoms with Crippen molar-refractivity contribution in [1.29, 1.82) is 0 Å². The van der Waals surface area contributed by atoms with Gasteiger partial charge in [-0.15, -0.1) is 0 Å². The first kappa shape index (κ1) is 17.3. The van der Waals surface area contributed by atoms with Gasteiger partial charge in [-0.3, -0.25) is 9.59 Å². The smallest absolute Gasteiger partial charge is 0.308 e. The average molecular weight is 313 g/mol. The standard InChI is InChI=1S/C15H21ClN2O3/c1-15(2,3)7-9(14(20)21)8-18-12-5-4-10(16)6-11(12)13(17)19/h4-6,9,18H,7-8H2,1-3H3,(H2,17,19)(H,20,21). The zero-order valence-electron chi connectivity index (χ0n) is 12.4. The molecule has 1 rings (SSSR count). The summed E-state index contributed by atoms with van der Waals surface area (Å²) in [6, 6.07) is 4.71. The van der Waals surface area contributed by atoms with Crippen LogP contribution in [0, 0.1) is 11.3 Å². The van der Waals surface area contributed by atoms with Crippen LogP contribution in [0.15, 0.2) is 18.2 Å². The lowest BCUT2D eigenvalue weighted by atomic mass is 9.84. The van der Waals surface area contributed by atoms with Crippen LogP contribution in [0.4, 0.5) is 5.69 Å². The number of carbonyl (C=O) groups excluding carboxylic acids is 1. The van der Waals surface area contributed by atoms with E-state index < -0.39 is 17.8 Å². The van der Waals surface area contributed by atoms with E-state index in [0.717, 1.165) is 0 Å². The van der Waals surface area contributed by atoms with Gasteiger partial charge in [-0.2, -0.15) is 0 Å². The maximum atomic E-state index is 11.4. The van der Waals surface area contributed by atoms with Crippen molar-refractivity contribution in [3.63, 3.8) is 0 Å². The summed E-state index contributed by atoms with van der Waals surface area (Å²) < 4.78 is 0. The van der Waals surface area contributed by atoms with Crippen molar-refractivity contribution in [1.82, 2.24) is 0 Å². The van der Waals surface area contributed by atoms with Gasteiger partial charge in [0.05, 0.1) is 11.5 Å². The number of nitrogens with one attached hydrogen (secondary N) is 1. The molecule has 4 N–H and O–H groups in total. The SMILES string of the molecule is CC(C)(C)CC(CNc1ccc(Cl)cc1C(N)=O)C(=O)O. The number of halogens is 1. The minimum absolute atomic E-state index is 0.1000. The molecule has 1 atom stereocenters. The third-order valence-electron chi connectivity index (χ3n) is 2.99. The minimum Gasteiger partial charge on any atom is -0.481 e. The minimum atomic E-state index is -0.869. The lowest BCUT2D eigenvalue weighted by Gasteiger charge is -2.24. The topological polar surface area (TPSA) is 92.4 Å². The molecular weight excluding hydrogens is 292 g/mol. The molecule has 1 aromatic carbocycles. The van der Waals surface area contributed by atoms with Gasteiger partial charge in [0, 0.05) is 17.3 Å². The Balaban J connectivity index is 2.86. The van der Waals surface area contributed by atoms with Gasteiger partial charge < -0.3 is 16.2 Å². The van der Waals surface area contributed by atoms with Gasteiger partial charge in [-0.1, -0.05) is 32.4 Å². The number of primary amides is 1. The van der Waals surface area contributed by atoms with Crippen LogP contribution in [0.2, 0.25) is 5.02 Å². The number of aliphatic carboxylic acids is 1. The quantitative estimate of drug-likeness (QED) is 0.753. The normalized spacial score (nSPS) is 12.8. The van der Waals surface area contributed by atoms with Crippen LogP contribution in [0.3, 0.4) is 0 Å². The van der Waals surface area contributed by atoms with Gasteiger partial charge in [-0.05, 0) is 30.0 Å². The molecule has 0 saturated carbocycles. The predicted molar refractivity (Wildman–Crippen MR) is 83.7 cm³/mol. The number of anilines is 1. The summed E-state index contributed by atoms with van der Waals surface area (Å²) in [5, 5.41) is 12.7. The number of hydrogen-bond acceptors (Lipinski definition) is 3. The molecular formula is C15H21ClN2O3. The van der Waals surface area contributed by atoms with Crippen LogP contribution in [0.25, 0.3) is 0 Å². The highest BCUT2D eigenvalue weighted by Crippen LogP contribution is 2.26. The van der Waals surface area contributed by atoms with E-state index in [2.05, 4.69) is 5.32 Å². The van der Waals surface area contributed by atoms with E-state index in [1.165, 1.54) is 6.07 Å². The largest absolute Gasteiger partial charge is 0.481 e. The highest BCUT2D eigenvalue weighted by atomic mass is 35.5. The van der Waals surface area contributed by atoms with Crippen molar-refractivity contribution in [2.45, 2.75) is 27.2 Å². The fourth-order valence-electron chi connectivity index (χ4n) is 2.09. The Kier molecular flexibility index (Phi) is 5.61. The summed E-state index contributed by atoms with van der Waals surface area (Å²) in [7, 11) is 0. The van der Waals surface area contributed by atoms with E-state index in [0.29, 0.717) is 17.1 Å². The first-order chi connectivity index (χ1) is 9.60. The Bertz CT molecular complexity index is 538. The average Bonchev–Trinajstić information content (AvgIpc) is 2.33. The second-order valence-corrected chi connectivity index (χ2v) is 6.67. The zero-order chi connectivity index (χ0) is 16.2. The molecule has 0 aliphatic heterocycles. The molecule has 5 nitrogen and oxygen atoms in total. The van der Waals surface area contributed by atoms with Crippen molar-refractivity contribution in [3.05, 3.63) is 28.8 Å². The molecule has 0 heterocycles. The molecule has 0 spiro atoms. The summed E-state index contributed by atoms with van der Waals surface area (Å²) in [6.07, 6.45) is 0.523. The van der Waals surface area contributed by atoms with Gasteiger partial charge in [0.15, 0.2) is 0 Å². The van der Waals surface area contributed by atoms with Crippen LogP contribution in [0.1, 0.15) is 37.6 Å². The number of carboxylic acid groups (broad SMARTS) is 1. The van der Waals surface area contributed by atoms with Gasteiger partial charge >= 0.3 is 5.97 Å². The monoisotopic (exact) mass is 312 g/mol. The van der Waals surface area contributed by atoms with E-state index >= 15 is 0 Å². The van der Waals surface area contributed by atoms with Crippen LogP contribution >= 0.6 is 11.6 Å². The van der Waals surface area contributed by atoms with Crippen LogP contribution < -0.4 is 11.1 Å². The lowest BCUT2D eigenvalue weighted by Crippen LogP contribution is -2.28. The Morgan fingerprint density at radius 3 is 2.48 bits per heavy atom. The molecule has 1 aromatic rings. The molecule has 1 unspecified atom stereocenters. The maximum absolute atomic E-state index is 11.4. The van der Waals surface area contributed by atoms with Gasteiger partial charge in [0.1, 0.15) is 0 Å². The first-order valence-electron chi connectivity index (χ1n) is 6.66. The molecule has 0 aromatic heterocycles. The second kappa shape index (κ2) is 6.80. The fraction of sp³-hybridized carbons (Fsp3) is 0.467. The Labute approximate surface area is 129 Å². The number of amides is 1. The van der Waals surface area contributed by atoms with E-state index in [9.17, 15) is 14.7 Å². The van der Waals surface area contributed by atoms with E-state index in [1.54, 1.807) is 12.1 Å². The second-order valence-electron chi connectivity index (χ2n) is 6.24.